The van der Waals surface area contributed by atoms with Crippen LogP contribution in [0.3, 0.4) is 0 Å². The molecule has 0 spiro atoms. The third-order valence-electron chi connectivity index (χ3n) is 4.89. The van der Waals surface area contributed by atoms with Gasteiger partial charge < -0.3 is 4.90 Å². The SMILES string of the molecule is O=C(CCC1CCCC1)N1CCCC(n2cccn2)C1. The van der Waals surface area contributed by atoms with Crippen molar-refractivity contribution in [2.45, 2.75) is 57.4 Å². The molecule has 2 fully saturated rings. The van der Waals surface area contributed by atoms with Gasteiger partial charge in [0.15, 0.2) is 0 Å². The minimum absolute atomic E-state index is 0.355. The number of rotatable bonds is 4. The summed E-state index contributed by atoms with van der Waals surface area (Å²) in [5, 5.41) is 4.32. The highest BCUT2D eigenvalue weighted by atomic mass is 16.2. The molecule has 0 bridgehead atoms. The largest absolute Gasteiger partial charge is 0.341 e. The van der Waals surface area contributed by atoms with Crippen molar-refractivity contribution in [3.8, 4) is 0 Å². The Hall–Kier alpha value is -1.32. The molecule has 4 nitrogen and oxygen atoms in total. The number of amides is 1. The first-order valence-corrected chi connectivity index (χ1v) is 8.10. The lowest BCUT2D eigenvalue weighted by Gasteiger charge is -2.33. The molecule has 0 radical (unpaired) electrons. The van der Waals surface area contributed by atoms with Gasteiger partial charge in [0.25, 0.3) is 0 Å². The normalized spacial score (nSPS) is 24.2. The van der Waals surface area contributed by atoms with Gasteiger partial charge in [0.1, 0.15) is 0 Å². The molecule has 20 heavy (non-hydrogen) atoms. The van der Waals surface area contributed by atoms with Crippen molar-refractivity contribution < 1.29 is 4.79 Å². The van der Waals surface area contributed by atoms with E-state index in [9.17, 15) is 4.79 Å². The lowest BCUT2D eigenvalue weighted by atomic mass is 10.00. The van der Waals surface area contributed by atoms with Crippen molar-refractivity contribution in [3.05, 3.63) is 18.5 Å². The summed E-state index contributed by atoms with van der Waals surface area (Å²) in [5.74, 6) is 1.17. The van der Waals surface area contributed by atoms with E-state index in [-0.39, 0.29) is 0 Å². The predicted molar refractivity (Wildman–Crippen MR) is 78.3 cm³/mol. The molecule has 0 aromatic carbocycles. The van der Waals surface area contributed by atoms with Crippen LogP contribution in [0.2, 0.25) is 0 Å². The molecule has 0 N–H and O–H groups in total. The molecule has 1 aromatic rings. The van der Waals surface area contributed by atoms with E-state index in [1.165, 1.54) is 25.7 Å². The Morgan fingerprint density at radius 2 is 2.05 bits per heavy atom. The minimum Gasteiger partial charge on any atom is -0.341 e. The van der Waals surface area contributed by atoms with Crippen molar-refractivity contribution in [2.75, 3.05) is 13.1 Å². The zero-order valence-corrected chi connectivity index (χ0v) is 12.2. The fraction of sp³-hybridized carbons (Fsp3) is 0.750. The average Bonchev–Trinajstić information content (AvgIpc) is 3.18. The highest BCUT2D eigenvalue weighted by Gasteiger charge is 2.25. The zero-order chi connectivity index (χ0) is 13.8. The van der Waals surface area contributed by atoms with Crippen LogP contribution in [0.1, 0.15) is 57.4 Å². The highest BCUT2D eigenvalue weighted by Crippen LogP contribution is 2.29. The first-order chi connectivity index (χ1) is 9.83. The van der Waals surface area contributed by atoms with Gasteiger partial charge in [-0.25, -0.2) is 0 Å². The molecule has 2 aliphatic rings. The lowest BCUT2D eigenvalue weighted by Crippen LogP contribution is -2.40. The molecule has 4 heteroatoms. The Bertz CT molecular complexity index is 423. The van der Waals surface area contributed by atoms with E-state index in [4.69, 9.17) is 0 Å². The number of hydrogen-bond donors (Lipinski definition) is 0. The fourth-order valence-electron chi connectivity index (χ4n) is 3.68. The van der Waals surface area contributed by atoms with Gasteiger partial charge in [-0.05, 0) is 31.2 Å². The number of piperidine rings is 1. The molecule has 1 atom stereocenters. The van der Waals surface area contributed by atoms with Gasteiger partial charge in [0.2, 0.25) is 5.91 Å². The van der Waals surface area contributed by atoms with Crippen LogP contribution >= 0.6 is 0 Å². The van der Waals surface area contributed by atoms with Crippen LogP contribution in [0.5, 0.6) is 0 Å². The number of likely N-dealkylation sites (tertiary alicyclic amines) is 1. The van der Waals surface area contributed by atoms with Gasteiger partial charge in [-0.1, -0.05) is 25.7 Å². The second kappa shape index (κ2) is 6.42. The monoisotopic (exact) mass is 275 g/mol. The topological polar surface area (TPSA) is 38.1 Å². The standard InChI is InChI=1S/C16H25N3O/c20-16(9-8-14-5-1-2-6-14)18-11-3-7-15(13-18)19-12-4-10-17-19/h4,10,12,14-15H,1-3,5-9,11,13H2. The van der Waals surface area contributed by atoms with Gasteiger partial charge in [-0.15, -0.1) is 0 Å². The summed E-state index contributed by atoms with van der Waals surface area (Å²) in [4.78, 5) is 14.4. The smallest absolute Gasteiger partial charge is 0.222 e. The molecule has 3 rings (SSSR count). The first-order valence-electron chi connectivity index (χ1n) is 8.10. The molecule has 1 amide bonds. The van der Waals surface area contributed by atoms with Crippen LogP contribution in [0.25, 0.3) is 0 Å². The van der Waals surface area contributed by atoms with E-state index in [0.717, 1.165) is 44.7 Å². The van der Waals surface area contributed by atoms with Gasteiger partial charge in [0.05, 0.1) is 6.04 Å². The Balaban J connectivity index is 1.49. The quantitative estimate of drug-likeness (QED) is 0.847. The molecule has 1 saturated heterocycles. The number of aromatic nitrogens is 2. The molecule has 1 saturated carbocycles. The third kappa shape index (κ3) is 3.22. The average molecular weight is 275 g/mol. The summed E-state index contributed by atoms with van der Waals surface area (Å²) in [6.45, 7) is 1.77. The fourth-order valence-corrected chi connectivity index (χ4v) is 3.68. The number of hydrogen-bond acceptors (Lipinski definition) is 2. The van der Waals surface area contributed by atoms with Crippen LogP contribution in [-0.4, -0.2) is 33.7 Å². The molecule has 2 heterocycles. The second-order valence-corrected chi connectivity index (χ2v) is 6.31. The van der Waals surface area contributed by atoms with E-state index in [1.54, 1.807) is 0 Å². The van der Waals surface area contributed by atoms with E-state index in [1.807, 2.05) is 23.1 Å². The summed E-state index contributed by atoms with van der Waals surface area (Å²) >= 11 is 0. The van der Waals surface area contributed by atoms with Gasteiger partial charge >= 0.3 is 0 Å². The lowest BCUT2D eigenvalue weighted by molar-refractivity contribution is -0.133. The maximum atomic E-state index is 12.4. The summed E-state index contributed by atoms with van der Waals surface area (Å²) < 4.78 is 2.01. The van der Waals surface area contributed by atoms with E-state index in [0.29, 0.717) is 11.9 Å². The minimum atomic E-state index is 0.355. The molecule has 1 unspecified atom stereocenters. The maximum absolute atomic E-state index is 12.4. The van der Waals surface area contributed by atoms with Crippen molar-refractivity contribution in [3.63, 3.8) is 0 Å². The molecule has 110 valence electrons. The number of carbonyl (C=O) groups is 1. The second-order valence-electron chi connectivity index (χ2n) is 6.31. The number of carbonyl (C=O) groups excluding carboxylic acids is 1. The van der Waals surface area contributed by atoms with Crippen molar-refractivity contribution in [1.82, 2.24) is 14.7 Å². The van der Waals surface area contributed by atoms with Crippen molar-refractivity contribution in [2.24, 2.45) is 5.92 Å². The Kier molecular flexibility index (Phi) is 4.38. The van der Waals surface area contributed by atoms with E-state index < -0.39 is 0 Å². The molecule has 1 aliphatic carbocycles. The number of nitrogens with zero attached hydrogens (tertiary/aromatic N) is 3. The van der Waals surface area contributed by atoms with E-state index in [2.05, 4.69) is 10.00 Å². The summed E-state index contributed by atoms with van der Waals surface area (Å²) in [6.07, 6.45) is 13.3. The highest BCUT2D eigenvalue weighted by molar-refractivity contribution is 5.76. The summed E-state index contributed by atoms with van der Waals surface area (Å²) in [5.41, 5.74) is 0. The van der Waals surface area contributed by atoms with Crippen LogP contribution < -0.4 is 0 Å². The van der Waals surface area contributed by atoms with Crippen LogP contribution in [-0.2, 0) is 4.79 Å². The van der Waals surface area contributed by atoms with Crippen molar-refractivity contribution >= 4 is 5.91 Å². The molecular weight excluding hydrogens is 250 g/mol. The molecule has 1 aromatic heterocycles. The Labute approximate surface area is 121 Å². The molecule has 1 aliphatic heterocycles. The maximum Gasteiger partial charge on any atom is 0.222 e. The van der Waals surface area contributed by atoms with Crippen LogP contribution in [0.4, 0.5) is 0 Å². The Morgan fingerprint density at radius 3 is 2.80 bits per heavy atom. The van der Waals surface area contributed by atoms with Gasteiger partial charge in [-0.2, -0.15) is 5.10 Å². The molecular formula is C16H25N3O. The van der Waals surface area contributed by atoms with Gasteiger partial charge in [-0.3, -0.25) is 9.48 Å². The Morgan fingerprint density at radius 1 is 1.20 bits per heavy atom. The van der Waals surface area contributed by atoms with Gasteiger partial charge in [0, 0.05) is 31.9 Å². The third-order valence-corrected chi connectivity index (χ3v) is 4.89. The summed E-state index contributed by atoms with van der Waals surface area (Å²) in [6, 6.07) is 2.33. The predicted octanol–water partition coefficient (Wildman–Crippen LogP) is 3.02. The van der Waals surface area contributed by atoms with Crippen LogP contribution in [0, 0.1) is 5.92 Å². The van der Waals surface area contributed by atoms with E-state index >= 15 is 0 Å². The van der Waals surface area contributed by atoms with Crippen LogP contribution in [0.15, 0.2) is 18.5 Å². The zero-order valence-electron chi connectivity index (χ0n) is 12.2. The summed E-state index contributed by atoms with van der Waals surface area (Å²) in [7, 11) is 0. The van der Waals surface area contributed by atoms with Crippen molar-refractivity contribution in [1.29, 1.82) is 0 Å². The first kappa shape index (κ1) is 13.7.